The molecule has 1 aliphatic heterocycles. The van der Waals surface area contributed by atoms with E-state index in [-0.39, 0.29) is 17.2 Å². The average molecular weight is 245 g/mol. The van der Waals surface area contributed by atoms with Gasteiger partial charge in [-0.3, -0.25) is 9.59 Å². The third-order valence-corrected chi connectivity index (χ3v) is 3.26. The lowest BCUT2D eigenvalue weighted by atomic mass is 10.0. The molecule has 1 saturated heterocycles. The molecule has 2 atom stereocenters. The molecular formula is C10H19N3O2S. The van der Waals surface area contributed by atoms with Gasteiger partial charge in [0.25, 0.3) is 5.24 Å². The molecule has 1 heterocycles. The number of amides is 2. The van der Waals surface area contributed by atoms with Crippen molar-refractivity contribution in [2.75, 3.05) is 12.3 Å². The van der Waals surface area contributed by atoms with Gasteiger partial charge in [-0.2, -0.15) is 0 Å². The molecule has 2 unspecified atom stereocenters. The van der Waals surface area contributed by atoms with Gasteiger partial charge in [0.2, 0.25) is 5.91 Å². The van der Waals surface area contributed by atoms with E-state index in [4.69, 9.17) is 5.73 Å². The van der Waals surface area contributed by atoms with Gasteiger partial charge in [-0.25, -0.2) is 0 Å². The molecule has 92 valence electrons. The number of carbonyl (C=O) groups is 2. The number of hydrogen-bond donors (Lipinski definition) is 3. The first-order valence-corrected chi connectivity index (χ1v) is 6.45. The number of hydrogen-bond acceptors (Lipinski definition) is 4. The molecule has 0 aliphatic carbocycles. The van der Waals surface area contributed by atoms with Crippen LogP contribution in [0.15, 0.2) is 0 Å². The highest BCUT2D eigenvalue weighted by atomic mass is 32.2. The number of thioether (sulfide) groups is 1. The predicted octanol–water partition coefficient (Wildman–Crippen LogP) is 0.301. The summed E-state index contributed by atoms with van der Waals surface area (Å²) in [5, 5.41) is 5.34. The summed E-state index contributed by atoms with van der Waals surface area (Å²) in [5.41, 5.74) is 5.59. The second kappa shape index (κ2) is 6.10. The number of carbonyl (C=O) groups excluding carboxylic acids is 2. The van der Waals surface area contributed by atoms with Crippen molar-refractivity contribution in [2.45, 2.75) is 32.4 Å². The summed E-state index contributed by atoms with van der Waals surface area (Å²) in [7, 11) is 0. The van der Waals surface area contributed by atoms with Gasteiger partial charge in [0.1, 0.15) is 6.04 Å². The van der Waals surface area contributed by atoms with Crippen molar-refractivity contribution in [1.82, 2.24) is 10.6 Å². The molecule has 4 N–H and O–H groups in total. The zero-order chi connectivity index (χ0) is 12.1. The zero-order valence-electron chi connectivity index (χ0n) is 9.66. The smallest absolute Gasteiger partial charge is 0.279 e. The second-order valence-corrected chi connectivity index (χ2v) is 5.36. The Morgan fingerprint density at radius 1 is 1.69 bits per heavy atom. The Balaban J connectivity index is 2.39. The molecular weight excluding hydrogens is 226 g/mol. The second-order valence-electron chi connectivity index (χ2n) is 4.37. The Morgan fingerprint density at radius 3 is 2.81 bits per heavy atom. The Labute approximate surface area is 99.9 Å². The molecule has 0 radical (unpaired) electrons. The summed E-state index contributed by atoms with van der Waals surface area (Å²) in [4.78, 5) is 22.7. The van der Waals surface area contributed by atoms with Crippen LogP contribution in [0.1, 0.15) is 20.3 Å². The van der Waals surface area contributed by atoms with E-state index in [1.807, 2.05) is 0 Å². The lowest BCUT2D eigenvalue weighted by Crippen LogP contribution is -2.49. The molecule has 0 spiro atoms. The van der Waals surface area contributed by atoms with Crippen LogP contribution in [0.5, 0.6) is 0 Å². The lowest BCUT2D eigenvalue weighted by Gasteiger charge is -2.20. The number of nitrogens with one attached hydrogen (secondary N) is 2. The van der Waals surface area contributed by atoms with E-state index < -0.39 is 6.04 Å². The van der Waals surface area contributed by atoms with E-state index in [1.54, 1.807) is 0 Å². The maximum absolute atomic E-state index is 11.7. The quantitative estimate of drug-likeness (QED) is 0.650. The summed E-state index contributed by atoms with van der Waals surface area (Å²) in [6, 6.07) is -0.409. The fraction of sp³-hybridized carbons (Fsp3) is 0.800. The first kappa shape index (κ1) is 13.3. The molecule has 0 aromatic heterocycles. The van der Waals surface area contributed by atoms with Gasteiger partial charge in [-0.15, -0.1) is 0 Å². The first-order chi connectivity index (χ1) is 7.52. The van der Waals surface area contributed by atoms with Gasteiger partial charge in [-0.05, 0) is 12.3 Å². The summed E-state index contributed by atoms with van der Waals surface area (Å²) < 4.78 is 0. The molecule has 5 nitrogen and oxygen atoms in total. The normalized spacial score (nSPS) is 22.0. The summed E-state index contributed by atoms with van der Waals surface area (Å²) in [5.74, 6) is 0.861. The molecule has 0 aromatic carbocycles. The van der Waals surface area contributed by atoms with E-state index in [9.17, 15) is 9.59 Å². The summed E-state index contributed by atoms with van der Waals surface area (Å²) >= 11 is 1.14. The van der Waals surface area contributed by atoms with Crippen molar-refractivity contribution >= 4 is 22.9 Å². The highest BCUT2D eigenvalue weighted by Gasteiger charge is 2.29. The Hall–Kier alpha value is -0.750. The van der Waals surface area contributed by atoms with Crippen LogP contribution in [-0.2, 0) is 4.79 Å². The molecule has 16 heavy (non-hydrogen) atoms. The molecule has 1 aliphatic rings. The van der Waals surface area contributed by atoms with Crippen LogP contribution in [0.25, 0.3) is 0 Å². The van der Waals surface area contributed by atoms with Crippen LogP contribution in [0.3, 0.4) is 0 Å². The van der Waals surface area contributed by atoms with Gasteiger partial charge < -0.3 is 16.4 Å². The van der Waals surface area contributed by atoms with Crippen molar-refractivity contribution in [2.24, 2.45) is 11.7 Å². The molecule has 1 rings (SSSR count). The third kappa shape index (κ3) is 4.02. The fourth-order valence-electron chi connectivity index (χ4n) is 1.61. The summed E-state index contributed by atoms with van der Waals surface area (Å²) in [6.07, 6.45) is 0.857. The van der Waals surface area contributed by atoms with Crippen LogP contribution in [0, 0.1) is 5.92 Å². The molecule has 0 saturated carbocycles. The maximum atomic E-state index is 11.7. The number of nitrogens with two attached hydrogens (primary N) is 1. The van der Waals surface area contributed by atoms with Gasteiger partial charge in [0.15, 0.2) is 0 Å². The highest BCUT2D eigenvalue weighted by molar-refractivity contribution is 8.14. The van der Waals surface area contributed by atoms with Crippen LogP contribution < -0.4 is 16.4 Å². The maximum Gasteiger partial charge on any atom is 0.279 e. The van der Waals surface area contributed by atoms with Crippen molar-refractivity contribution in [3.05, 3.63) is 0 Å². The number of rotatable bonds is 5. The van der Waals surface area contributed by atoms with E-state index in [0.717, 1.165) is 18.2 Å². The first-order valence-electron chi connectivity index (χ1n) is 5.46. The van der Waals surface area contributed by atoms with E-state index in [0.29, 0.717) is 18.2 Å². The SMILES string of the molecule is CC(C)CC(CN)NC(=O)C1CSC(=O)N1. The van der Waals surface area contributed by atoms with E-state index in [1.165, 1.54) is 0 Å². The molecule has 6 heteroatoms. The molecule has 1 fully saturated rings. The van der Waals surface area contributed by atoms with Gasteiger partial charge >= 0.3 is 0 Å². The van der Waals surface area contributed by atoms with Crippen molar-refractivity contribution in [1.29, 1.82) is 0 Å². The Kier molecular flexibility index (Phi) is 5.08. The topological polar surface area (TPSA) is 84.2 Å². The van der Waals surface area contributed by atoms with Crippen molar-refractivity contribution in [3.63, 3.8) is 0 Å². The van der Waals surface area contributed by atoms with Crippen LogP contribution in [0.4, 0.5) is 4.79 Å². The predicted molar refractivity (Wildman–Crippen MR) is 65.2 cm³/mol. The van der Waals surface area contributed by atoms with Crippen LogP contribution in [0.2, 0.25) is 0 Å². The molecule has 0 bridgehead atoms. The minimum Gasteiger partial charge on any atom is -0.350 e. The highest BCUT2D eigenvalue weighted by Crippen LogP contribution is 2.13. The largest absolute Gasteiger partial charge is 0.350 e. The van der Waals surface area contributed by atoms with Gasteiger partial charge in [0, 0.05) is 18.3 Å². The molecule has 2 amide bonds. The lowest BCUT2D eigenvalue weighted by molar-refractivity contribution is -0.123. The minimum absolute atomic E-state index is 0.00463. The van der Waals surface area contributed by atoms with Crippen molar-refractivity contribution < 1.29 is 9.59 Å². The third-order valence-electron chi connectivity index (χ3n) is 2.38. The van der Waals surface area contributed by atoms with Gasteiger partial charge in [-0.1, -0.05) is 25.6 Å². The van der Waals surface area contributed by atoms with E-state index >= 15 is 0 Å². The monoisotopic (exact) mass is 245 g/mol. The summed E-state index contributed by atoms with van der Waals surface area (Å²) in [6.45, 7) is 4.60. The minimum atomic E-state index is -0.404. The molecule has 0 aromatic rings. The van der Waals surface area contributed by atoms with Crippen molar-refractivity contribution in [3.8, 4) is 0 Å². The zero-order valence-corrected chi connectivity index (χ0v) is 10.5. The standard InChI is InChI=1S/C10H19N3O2S/c1-6(2)3-7(4-11)12-9(14)8-5-16-10(15)13-8/h6-8H,3-5,11H2,1-2H3,(H,12,14)(H,13,15). The Morgan fingerprint density at radius 2 is 2.38 bits per heavy atom. The van der Waals surface area contributed by atoms with E-state index in [2.05, 4.69) is 24.5 Å². The average Bonchev–Trinajstić information content (AvgIpc) is 2.63. The van der Waals surface area contributed by atoms with Crippen LogP contribution >= 0.6 is 11.8 Å². The fourth-order valence-corrected chi connectivity index (χ4v) is 2.39. The van der Waals surface area contributed by atoms with Gasteiger partial charge in [0.05, 0.1) is 0 Å². The Bertz CT molecular complexity index is 271. The van der Waals surface area contributed by atoms with Crippen LogP contribution in [-0.4, -0.2) is 35.5 Å².